The Kier molecular flexibility index (Phi) is 15.9. The lowest BCUT2D eigenvalue weighted by molar-refractivity contribution is -0.156. The van der Waals surface area contributed by atoms with E-state index in [0.717, 1.165) is 60.7 Å². The summed E-state index contributed by atoms with van der Waals surface area (Å²) in [6.45, 7) is 9.68. The molecule has 6 atom stereocenters. The summed E-state index contributed by atoms with van der Waals surface area (Å²) in [4.78, 5) is 115. The van der Waals surface area contributed by atoms with Crippen LogP contribution in [0.4, 0.5) is 14.5 Å². The summed E-state index contributed by atoms with van der Waals surface area (Å²) >= 11 is 1.01. The highest BCUT2D eigenvalue weighted by atomic mass is 32.1. The topological polar surface area (TPSA) is 225 Å². The second-order valence-corrected chi connectivity index (χ2v) is 24.3. The molecule has 6 amide bonds. The maximum absolute atomic E-state index is 15.0. The molecule has 0 radical (unpaired) electrons. The number of ether oxygens (including phenoxy) is 2. The molecule has 3 aromatic carbocycles. The molecule has 2 unspecified atom stereocenters. The number of anilines is 1. The van der Waals surface area contributed by atoms with E-state index in [1.54, 1.807) is 42.2 Å². The standard InChI is InChI=1S/C55H64F2N9O11PS/c1-54(2,3)48(59-50(70)44-29-34-28-35(10-14-43(34)79-44)55(56,57)78(74)75)52(72)65-21-18-41(47(65)51(71)64-26-27-76-42(31-64)33-8-6-5-7-9-33)77-32-46(68)63-24-22-62(23-25-63)36-16-19-61(20-17-36)37-11-12-38-40(30-37)60(4)53(73)66(38)39-13-15-45(67)58-49(39)69/h5-12,14,28-30,36,39,41-42,47-48H,13,15-27,31-32H2,1-4H3,(H2-,58,59,67,69,70,74,75)/p+1/t39?,41-,42+,47+,48-/m1/s1. The predicted molar refractivity (Wildman–Crippen MR) is 290 cm³/mol. The van der Waals surface area contributed by atoms with Crippen LogP contribution >= 0.6 is 19.4 Å². The van der Waals surface area contributed by atoms with Crippen LogP contribution in [-0.4, -0.2) is 165 Å². The van der Waals surface area contributed by atoms with Crippen LogP contribution in [0.5, 0.6) is 0 Å². The van der Waals surface area contributed by atoms with E-state index in [2.05, 4.69) is 20.4 Å². The maximum atomic E-state index is 15.0. The van der Waals surface area contributed by atoms with Crippen LogP contribution in [0.25, 0.3) is 21.1 Å². The average molecular weight is 1130 g/mol. The molecule has 5 fully saturated rings. The van der Waals surface area contributed by atoms with Gasteiger partial charge in [-0.2, -0.15) is 4.89 Å². The summed E-state index contributed by atoms with van der Waals surface area (Å²) in [6, 6.07) is 17.4. The van der Waals surface area contributed by atoms with Gasteiger partial charge < -0.3 is 34.4 Å². The molecular weight excluding hydrogens is 1060 g/mol. The van der Waals surface area contributed by atoms with Crippen LogP contribution in [0.1, 0.15) is 85.8 Å². The number of rotatable bonds is 13. The lowest BCUT2D eigenvalue weighted by Crippen LogP contribution is -2.60. The van der Waals surface area contributed by atoms with E-state index in [-0.39, 0.29) is 85.8 Å². The highest BCUT2D eigenvalue weighted by molar-refractivity contribution is 7.39. The monoisotopic (exact) mass is 1130 g/mol. The van der Waals surface area contributed by atoms with Crippen LogP contribution in [0.3, 0.4) is 0 Å². The minimum Gasteiger partial charge on any atom is -0.371 e. The van der Waals surface area contributed by atoms with Crippen molar-refractivity contribution < 1.29 is 56.5 Å². The van der Waals surface area contributed by atoms with Crippen LogP contribution in [0, 0.1) is 5.41 Å². The molecule has 7 heterocycles. The molecule has 0 aliphatic carbocycles. The molecule has 79 heavy (non-hydrogen) atoms. The van der Waals surface area contributed by atoms with Gasteiger partial charge in [0.1, 0.15) is 30.8 Å². The minimum atomic E-state index is -4.00. The molecule has 5 aliphatic heterocycles. The van der Waals surface area contributed by atoms with Crippen LogP contribution in [0.15, 0.2) is 77.6 Å². The molecule has 2 aromatic heterocycles. The second-order valence-electron chi connectivity index (χ2n) is 22.1. The Morgan fingerprint density at radius 1 is 0.873 bits per heavy atom. The zero-order chi connectivity index (χ0) is 56.1. The van der Waals surface area contributed by atoms with Crippen molar-refractivity contribution in [2.75, 3.05) is 77.0 Å². The number of carbonyl (C=O) groups is 6. The van der Waals surface area contributed by atoms with Crippen LogP contribution in [0.2, 0.25) is 0 Å². The molecule has 0 saturated carbocycles. The van der Waals surface area contributed by atoms with Crippen molar-refractivity contribution in [3.63, 3.8) is 0 Å². The number of hydrogen-bond donors (Lipinski definition) is 3. The van der Waals surface area contributed by atoms with E-state index in [4.69, 9.17) is 9.47 Å². The molecule has 24 heteroatoms. The lowest BCUT2D eigenvalue weighted by atomic mass is 9.85. The van der Waals surface area contributed by atoms with Gasteiger partial charge in [0.2, 0.25) is 29.5 Å². The Bertz CT molecular complexity index is 3260. The zero-order valence-corrected chi connectivity index (χ0v) is 46.2. The summed E-state index contributed by atoms with van der Waals surface area (Å²) in [5, 5.41) is 5.48. The lowest BCUT2D eigenvalue weighted by Gasteiger charge is -2.43. The van der Waals surface area contributed by atoms with Gasteiger partial charge in [-0.1, -0.05) is 51.1 Å². The number of halogens is 2. The number of nitrogens with one attached hydrogen (secondary N) is 2. The summed E-state index contributed by atoms with van der Waals surface area (Å²) in [5.41, 5.74) is -2.68. The molecule has 420 valence electrons. The van der Waals surface area contributed by atoms with Crippen molar-refractivity contribution in [3.05, 3.63) is 99.3 Å². The van der Waals surface area contributed by atoms with Crippen molar-refractivity contribution in [1.29, 1.82) is 0 Å². The Balaban J connectivity index is 0.781. The number of imidazole rings is 1. The number of piperazine rings is 1. The molecule has 10 rings (SSSR count). The third-order valence-corrected chi connectivity index (χ3v) is 18.0. The van der Waals surface area contributed by atoms with Crippen molar-refractivity contribution >= 4 is 81.6 Å². The zero-order valence-electron chi connectivity index (χ0n) is 44.5. The number of nitrogens with zero attached hydrogens (tertiary/aromatic N) is 7. The fourth-order valence-electron chi connectivity index (χ4n) is 11.7. The number of amides is 6. The number of imide groups is 1. The van der Waals surface area contributed by atoms with Crippen molar-refractivity contribution in [2.24, 2.45) is 12.5 Å². The largest absolute Gasteiger partial charge is 0.589 e. The quantitative estimate of drug-likeness (QED) is 0.106. The Morgan fingerprint density at radius 3 is 2.30 bits per heavy atom. The van der Waals surface area contributed by atoms with Crippen molar-refractivity contribution in [1.82, 2.24) is 39.4 Å². The van der Waals surface area contributed by atoms with Gasteiger partial charge in [0, 0.05) is 82.3 Å². The van der Waals surface area contributed by atoms with Gasteiger partial charge in [0.15, 0.2) is 0 Å². The smallest absolute Gasteiger partial charge is 0.371 e. The van der Waals surface area contributed by atoms with Crippen molar-refractivity contribution in [2.45, 2.75) is 94.9 Å². The van der Waals surface area contributed by atoms with E-state index in [0.29, 0.717) is 48.0 Å². The number of benzene rings is 3. The summed E-state index contributed by atoms with van der Waals surface area (Å²) < 4.78 is 56.4. The first-order chi connectivity index (χ1) is 37.7. The number of aryl methyl sites for hydroxylation is 1. The molecule has 0 bridgehead atoms. The van der Waals surface area contributed by atoms with E-state index in [1.165, 1.54) is 21.6 Å². The van der Waals surface area contributed by atoms with E-state index in [9.17, 15) is 51.8 Å². The summed E-state index contributed by atoms with van der Waals surface area (Å²) in [7, 11) is -2.17. The van der Waals surface area contributed by atoms with Crippen LogP contribution < -0.4 is 21.2 Å². The fourth-order valence-corrected chi connectivity index (χ4v) is 13.0. The van der Waals surface area contributed by atoms with Gasteiger partial charge in [-0.15, -0.1) is 20.1 Å². The highest BCUT2D eigenvalue weighted by Crippen LogP contribution is 2.48. The van der Waals surface area contributed by atoms with Gasteiger partial charge in [-0.05, 0) is 89.1 Å². The predicted octanol–water partition coefficient (Wildman–Crippen LogP) is 4.86. The highest BCUT2D eigenvalue weighted by Gasteiger charge is 2.54. The van der Waals surface area contributed by atoms with Gasteiger partial charge in [-0.3, -0.25) is 48.1 Å². The number of morpholine rings is 1. The minimum absolute atomic E-state index is 0.0971. The van der Waals surface area contributed by atoms with Gasteiger partial charge >= 0.3 is 19.4 Å². The maximum Gasteiger partial charge on any atom is 0.589 e. The molecule has 5 aliphatic rings. The third-order valence-electron chi connectivity index (χ3n) is 16.2. The number of fused-ring (bicyclic) bond motifs is 2. The molecule has 20 nitrogen and oxygen atoms in total. The summed E-state index contributed by atoms with van der Waals surface area (Å²) in [6.07, 6.45) is 1.16. The Labute approximate surface area is 459 Å². The Morgan fingerprint density at radius 2 is 1.61 bits per heavy atom. The molecule has 5 aromatic rings. The van der Waals surface area contributed by atoms with Gasteiger partial charge in [0.05, 0.1) is 40.7 Å². The molecule has 0 spiro atoms. The molecule has 5 saturated heterocycles. The fraction of sp³-hybridized carbons (Fsp3) is 0.509. The van der Waals surface area contributed by atoms with Gasteiger partial charge in [-0.25, -0.2) is 4.79 Å². The van der Waals surface area contributed by atoms with Crippen LogP contribution in [-0.2, 0) is 50.7 Å². The van der Waals surface area contributed by atoms with Crippen molar-refractivity contribution in [3.8, 4) is 0 Å². The number of likely N-dealkylation sites (tertiary alicyclic amines) is 1. The number of piperidine rings is 2. The molecular formula is C55H65F2N9O11PS+. The molecule has 3 N–H and O–H groups in total. The number of alkyl halides is 2. The SMILES string of the molecule is Cn1c(=O)n(C2CCC(=O)NC2=O)c2ccc(N3CCC(N4CCN(C(=O)CO[C@@H]5CCN(C(=O)[C@@H](NC(=O)c6cc7cc(C(F)(F)[P+](=O)O)ccc7s6)C(C)(C)C)[C@@H]5C(=O)N5CCO[C@H](c6ccccc6)C5)CC4)CC3)cc21. The average Bonchev–Trinajstić information content (AvgIpc) is 4.38. The first-order valence-electron chi connectivity index (χ1n) is 26.8. The van der Waals surface area contributed by atoms with Gasteiger partial charge in [0.25, 0.3) is 5.91 Å². The van der Waals surface area contributed by atoms with E-state index >= 15 is 0 Å². The first-order valence-corrected chi connectivity index (χ1v) is 28.8. The number of aromatic nitrogens is 2. The normalized spacial score (nSPS) is 22.6. The number of carbonyl (C=O) groups excluding carboxylic acids is 6. The Hall–Kier alpha value is -6.49. The second kappa shape index (κ2) is 22.6. The first kappa shape index (κ1) is 55.8. The number of hydrogen-bond acceptors (Lipinski definition) is 13. The number of thiophene rings is 1. The van der Waals surface area contributed by atoms with E-state index < -0.39 is 72.7 Å². The van der Waals surface area contributed by atoms with E-state index in [1.807, 2.05) is 48.5 Å². The summed E-state index contributed by atoms with van der Waals surface area (Å²) in [5.74, 6) is -2.60. The third kappa shape index (κ3) is 11.3.